The molecule has 4 heterocycles. The summed E-state index contributed by atoms with van der Waals surface area (Å²) in [5, 5.41) is 0. The molecule has 1 amide bonds. The number of rotatable bonds is 6. The van der Waals surface area contributed by atoms with Crippen LogP contribution >= 0.6 is 0 Å². The summed E-state index contributed by atoms with van der Waals surface area (Å²) >= 11 is 0. The zero-order valence-electron chi connectivity index (χ0n) is 21.4. The molecule has 0 bridgehead atoms. The first kappa shape index (κ1) is 25.3. The van der Waals surface area contributed by atoms with Crippen molar-refractivity contribution >= 4 is 17.4 Å². The number of amides is 1. The Kier molecular flexibility index (Phi) is 7.76. The molecule has 37 heavy (non-hydrogen) atoms. The normalized spacial score (nSPS) is 18.1. The van der Waals surface area contributed by atoms with Crippen molar-refractivity contribution in [1.29, 1.82) is 0 Å². The van der Waals surface area contributed by atoms with Crippen molar-refractivity contribution in [2.75, 3.05) is 36.8 Å². The van der Waals surface area contributed by atoms with Gasteiger partial charge in [0.1, 0.15) is 17.3 Å². The quantitative estimate of drug-likeness (QED) is 0.542. The van der Waals surface area contributed by atoms with Crippen LogP contribution in [0.2, 0.25) is 0 Å². The predicted octanol–water partition coefficient (Wildman–Crippen LogP) is 4.28. The van der Waals surface area contributed by atoms with Gasteiger partial charge in [0.25, 0.3) is 5.91 Å². The van der Waals surface area contributed by atoms with Gasteiger partial charge in [-0.25, -0.2) is 9.37 Å². The minimum atomic E-state index is -0.292. The third-order valence-corrected chi connectivity index (χ3v) is 7.71. The molecule has 2 aliphatic rings. The fraction of sp³-hybridized carbons (Fsp3) is 0.414. The van der Waals surface area contributed by atoms with Crippen LogP contribution in [0.1, 0.15) is 47.3 Å². The number of carbonyl (C=O) groups excluding carboxylic acids is 1. The summed E-state index contributed by atoms with van der Waals surface area (Å²) in [4.78, 5) is 28.9. The van der Waals surface area contributed by atoms with Crippen LogP contribution in [0.3, 0.4) is 0 Å². The van der Waals surface area contributed by atoms with E-state index in [1.165, 1.54) is 17.7 Å². The highest BCUT2D eigenvalue weighted by Gasteiger charge is 2.34. The lowest BCUT2D eigenvalue weighted by atomic mass is 9.95. The lowest BCUT2D eigenvalue weighted by molar-refractivity contribution is 0.0797. The van der Waals surface area contributed by atoms with Crippen molar-refractivity contribution in [2.24, 2.45) is 0 Å². The molecule has 0 spiro atoms. The fourth-order valence-electron chi connectivity index (χ4n) is 5.78. The van der Waals surface area contributed by atoms with Gasteiger partial charge in [-0.1, -0.05) is 6.07 Å². The molecule has 5 rings (SSSR count). The predicted molar refractivity (Wildman–Crippen MR) is 144 cm³/mol. The topological polar surface area (TPSA) is 78.6 Å². The first-order chi connectivity index (χ1) is 18.0. The molecule has 1 aromatic carbocycles. The van der Waals surface area contributed by atoms with Crippen LogP contribution in [0, 0.1) is 12.7 Å². The van der Waals surface area contributed by atoms with Crippen LogP contribution in [0.5, 0.6) is 0 Å². The molecule has 0 unspecified atom stereocenters. The molecule has 2 aliphatic heterocycles. The molecule has 0 atom stereocenters. The number of nitrogens with two attached hydrogens (primary N) is 1. The first-order valence-electron chi connectivity index (χ1n) is 13.2. The molecule has 8 heteroatoms. The highest BCUT2D eigenvalue weighted by Crippen LogP contribution is 2.30. The third kappa shape index (κ3) is 5.97. The van der Waals surface area contributed by atoms with Gasteiger partial charge in [-0.05, 0) is 99.3 Å². The zero-order valence-corrected chi connectivity index (χ0v) is 21.4. The minimum absolute atomic E-state index is 0.0483. The van der Waals surface area contributed by atoms with Crippen molar-refractivity contribution in [3.63, 3.8) is 0 Å². The largest absolute Gasteiger partial charge is 0.384 e. The van der Waals surface area contributed by atoms with Gasteiger partial charge in [-0.3, -0.25) is 14.7 Å². The smallest absolute Gasteiger partial charge is 0.277 e. The second kappa shape index (κ2) is 11.4. The van der Waals surface area contributed by atoms with Crippen LogP contribution in [-0.2, 0) is 6.54 Å². The molecule has 194 valence electrons. The number of aromatic nitrogens is 2. The van der Waals surface area contributed by atoms with E-state index in [1.807, 2.05) is 30.0 Å². The number of benzene rings is 1. The molecular weight excluding hydrogens is 467 g/mol. The average molecular weight is 503 g/mol. The SMILES string of the molecule is Cc1cc(F)ccc1N(C(=O)c1ccccn1)C1CCN(C2CCN(Cc3ccnc(N)c3)CC2)CC1. The second-order valence-corrected chi connectivity index (χ2v) is 10.2. The number of pyridine rings is 2. The van der Waals surface area contributed by atoms with E-state index in [0.29, 0.717) is 17.6 Å². The van der Waals surface area contributed by atoms with Crippen molar-refractivity contribution in [3.05, 3.63) is 83.6 Å². The van der Waals surface area contributed by atoms with Gasteiger partial charge in [0.15, 0.2) is 0 Å². The molecule has 0 aliphatic carbocycles. The summed E-state index contributed by atoms with van der Waals surface area (Å²) in [7, 11) is 0. The van der Waals surface area contributed by atoms with E-state index in [4.69, 9.17) is 5.73 Å². The van der Waals surface area contributed by atoms with E-state index in [0.717, 1.165) is 69.7 Å². The zero-order chi connectivity index (χ0) is 25.8. The van der Waals surface area contributed by atoms with Crippen LogP contribution in [0.25, 0.3) is 0 Å². The lowest BCUT2D eigenvalue weighted by Gasteiger charge is -2.44. The Morgan fingerprint density at radius 2 is 1.78 bits per heavy atom. The molecule has 7 nitrogen and oxygen atoms in total. The highest BCUT2D eigenvalue weighted by atomic mass is 19.1. The van der Waals surface area contributed by atoms with E-state index >= 15 is 0 Å². The number of aryl methyl sites for hydroxylation is 1. The van der Waals surface area contributed by atoms with Gasteiger partial charge in [0.2, 0.25) is 0 Å². The number of hydrogen-bond donors (Lipinski definition) is 1. The second-order valence-electron chi connectivity index (χ2n) is 10.2. The maximum atomic E-state index is 13.9. The molecule has 3 aromatic rings. The number of likely N-dealkylation sites (tertiary alicyclic amines) is 2. The average Bonchev–Trinajstić information content (AvgIpc) is 2.91. The number of halogens is 1. The Hall–Kier alpha value is -3.36. The van der Waals surface area contributed by atoms with E-state index in [1.54, 1.807) is 30.6 Å². The maximum Gasteiger partial charge on any atom is 0.277 e. The summed E-state index contributed by atoms with van der Waals surface area (Å²) in [6, 6.07) is 14.6. The number of carbonyl (C=O) groups is 1. The van der Waals surface area contributed by atoms with E-state index in [2.05, 4.69) is 19.8 Å². The highest BCUT2D eigenvalue weighted by molar-refractivity contribution is 6.05. The Morgan fingerprint density at radius 3 is 2.46 bits per heavy atom. The number of nitrogen functional groups attached to an aromatic ring is 1. The summed E-state index contributed by atoms with van der Waals surface area (Å²) < 4.78 is 13.9. The first-order valence-corrected chi connectivity index (χ1v) is 13.2. The third-order valence-electron chi connectivity index (χ3n) is 7.71. The van der Waals surface area contributed by atoms with Crippen LogP contribution < -0.4 is 10.6 Å². The monoisotopic (exact) mass is 502 g/mol. The standard InChI is InChI=1S/C29H35FN6O/c1-21-18-23(30)5-6-27(21)36(29(37)26-4-2-3-12-32-26)25-10-16-35(17-11-25)24-8-14-34(15-9-24)20-22-7-13-33-28(31)19-22/h2-7,12-13,18-19,24-25H,8-11,14-17,20H2,1H3,(H2,31,33). The van der Waals surface area contributed by atoms with Crippen LogP contribution in [0.4, 0.5) is 15.9 Å². The van der Waals surface area contributed by atoms with Gasteiger partial charge in [0.05, 0.1) is 0 Å². The molecule has 0 saturated carbocycles. The van der Waals surface area contributed by atoms with Gasteiger partial charge >= 0.3 is 0 Å². The van der Waals surface area contributed by atoms with E-state index in [9.17, 15) is 9.18 Å². The summed E-state index contributed by atoms with van der Waals surface area (Å²) in [6.45, 7) is 6.78. The van der Waals surface area contributed by atoms with Crippen molar-refractivity contribution in [1.82, 2.24) is 19.8 Å². The number of piperidine rings is 2. The summed E-state index contributed by atoms with van der Waals surface area (Å²) in [6.07, 6.45) is 7.45. The Bertz CT molecular complexity index is 1210. The maximum absolute atomic E-state index is 13.9. The summed E-state index contributed by atoms with van der Waals surface area (Å²) in [5.41, 5.74) is 8.98. The number of nitrogens with zero attached hydrogens (tertiary/aromatic N) is 5. The van der Waals surface area contributed by atoms with Gasteiger partial charge in [-0.15, -0.1) is 0 Å². The molecular formula is C29H35FN6O. The van der Waals surface area contributed by atoms with Gasteiger partial charge < -0.3 is 15.5 Å². The minimum Gasteiger partial charge on any atom is -0.384 e. The number of hydrogen-bond acceptors (Lipinski definition) is 6. The molecule has 2 saturated heterocycles. The van der Waals surface area contributed by atoms with Crippen molar-refractivity contribution < 1.29 is 9.18 Å². The van der Waals surface area contributed by atoms with Gasteiger partial charge in [-0.2, -0.15) is 0 Å². The lowest BCUT2D eigenvalue weighted by Crippen LogP contribution is -2.52. The van der Waals surface area contributed by atoms with E-state index < -0.39 is 0 Å². The Balaban J connectivity index is 1.22. The Labute approximate surface area is 218 Å². The van der Waals surface area contributed by atoms with Crippen molar-refractivity contribution in [3.8, 4) is 0 Å². The van der Waals surface area contributed by atoms with Crippen LogP contribution in [0.15, 0.2) is 60.9 Å². The molecule has 0 radical (unpaired) electrons. The van der Waals surface area contributed by atoms with E-state index in [-0.39, 0.29) is 17.8 Å². The van der Waals surface area contributed by atoms with Crippen LogP contribution in [-0.4, -0.2) is 63.9 Å². The number of anilines is 2. The molecule has 2 aromatic heterocycles. The van der Waals surface area contributed by atoms with Gasteiger partial charge in [0, 0.05) is 49.8 Å². The Morgan fingerprint density at radius 1 is 1.00 bits per heavy atom. The molecule has 2 N–H and O–H groups in total. The summed E-state index contributed by atoms with van der Waals surface area (Å²) in [5.74, 6) is 0.153. The fourth-order valence-corrected chi connectivity index (χ4v) is 5.78. The van der Waals surface area contributed by atoms with Crippen molar-refractivity contribution in [2.45, 2.75) is 51.2 Å². The molecule has 2 fully saturated rings.